The molecule has 2 aromatic rings. The molecular weight excluding hydrogens is 546 g/mol. The van der Waals surface area contributed by atoms with Gasteiger partial charge in [-0.3, -0.25) is 19.2 Å². The zero-order valence-electron chi connectivity index (χ0n) is 24.2. The molecular formula is C33H39N5O5. The van der Waals surface area contributed by atoms with E-state index in [9.17, 15) is 24.0 Å². The molecule has 0 aromatic heterocycles. The standard InChI is InChI=1S/C33H39N5O5/c1-3-5-16-26(29(39)31(41)34-18-4-2)36-30(40)27-17-11-19-38(27)32(42)28(24-20-22-12-9-10-13-23(22)21-24)37-33(43)35-25-14-7-6-8-15-25/h3-4,6-10,12-15,24,26-28H,1-2,5,11,16-21H2,(H,34,41)(H,36,40)(H2,35,37,43)/t26?,27-,28-/m0/s1. The zero-order chi connectivity index (χ0) is 30.8. The molecule has 2 aromatic carbocycles. The second kappa shape index (κ2) is 14.9. The Hall–Kier alpha value is -4.73. The Labute approximate surface area is 252 Å². The molecule has 1 fully saturated rings. The first-order valence-electron chi connectivity index (χ1n) is 14.7. The number of para-hydroxylation sites is 1. The minimum atomic E-state index is -1.07. The Morgan fingerprint density at radius 3 is 2.23 bits per heavy atom. The van der Waals surface area contributed by atoms with Crippen LogP contribution >= 0.6 is 0 Å². The number of benzene rings is 2. The predicted octanol–water partition coefficient (Wildman–Crippen LogP) is 2.91. The van der Waals surface area contributed by atoms with Gasteiger partial charge >= 0.3 is 6.03 Å². The van der Waals surface area contributed by atoms with Crippen molar-refractivity contribution >= 4 is 35.2 Å². The molecule has 1 saturated heterocycles. The lowest BCUT2D eigenvalue weighted by Gasteiger charge is -2.32. The van der Waals surface area contributed by atoms with Gasteiger partial charge in [-0.05, 0) is 67.7 Å². The molecule has 1 aliphatic carbocycles. The van der Waals surface area contributed by atoms with Crippen LogP contribution in [0.1, 0.15) is 36.8 Å². The van der Waals surface area contributed by atoms with Crippen molar-refractivity contribution in [2.24, 2.45) is 5.92 Å². The van der Waals surface area contributed by atoms with E-state index >= 15 is 0 Å². The third-order valence-electron chi connectivity index (χ3n) is 7.90. The Bertz CT molecular complexity index is 1340. The third kappa shape index (κ3) is 7.97. The highest BCUT2D eigenvalue weighted by Crippen LogP contribution is 2.31. The molecule has 10 nitrogen and oxygen atoms in total. The fourth-order valence-electron chi connectivity index (χ4n) is 5.75. The highest BCUT2D eigenvalue weighted by molar-refractivity contribution is 6.38. The molecule has 10 heteroatoms. The van der Waals surface area contributed by atoms with Crippen molar-refractivity contribution in [1.82, 2.24) is 20.9 Å². The Morgan fingerprint density at radius 2 is 1.58 bits per heavy atom. The minimum absolute atomic E-state index is 0.120. The number of likely N-dealkylation sites (tertiary alicyclic amines) is 1. The van der Waals surface area contributed by atoms with Crippen LogP contribution in [0.25, 0.3) is 0 Å². The number of rotatable bonds is 13. The topological polar surface area (TPSA) is 137 Å². The van der Waals surface area contributed by atoms with Crippen molar-refractivity contribution < 1.29 is 24.0 Å². The number of fused-ring (bicyclic) bond motifs is 1. The number of anilines is 1. The van der Waals surface area contributed by atoms with Crippen LogP contribution in [0.5, 0.6) is 0 Å². The molecule has 0 radical (unpaired) electrons. The van der Waals surface area contributed by atoms with Crippen LogP contribution in [0.3, 0.4) is 0 Å². The smallest absolute Gasteiger partial charge is 0.319 e. The molecule has 226 valence electrons. The monoisotopic (exact) mass is 585 g/mol. The number of amides is 5. The van der Waals surface area contributed by atoms with Gasteiger partial charge in [-0.2, -0.15) is 0 Å². The van der Waals surface area contributed by atoms with Gasteiger partial charge in [-0.15, -0.1) is 13.2 Å². The van der Waals surface area contributed by atoms with Crippen LogP contribution in [-0.2, 0) is 32.0 Å². The number of allylic oxidation sites excluding steroid dienone is 1. The number of ketones is 1. The van der Waals surface area contributed by atoms with Crippen molar-refractivity contribution in [3.05, 3.63) is 91.0 Å². The second-order valence-electron chi connectivity index (χ2n) is 10.9. The first-order valence-corrected chi connectivity index (χ1v) is 14.7. The highest BCUT2D eigenvalue weighted by atomic mass is 16.2. The van der Waals surface area contributed by atoms with E-state index in [0.29, 0.717) is 44.3 Å². The van der Waals surface area contributed by atoms with Crippen molar-refractivity contribution in [3.8, 4) is 0 Å². The lowest BCUT2D eigenvalue weighted by atomic mass is 9.94. The van der Waals surface area contributed by atoms with E-state index in [4.69, 9.17) is 0 Å². The van der Waals surface area contributed by atoms with E-state index in [0.717, 1.165) is 11.1 Å². The Balaban J connectivity index is 1.51. The Morgan fingerprint density at radius 1 is 0.907 bits per heavy atom. The van der Waals surface area contributed by atoms with E-state index in [1.807, 2.05) is 30.3 Å². The average Bonchev–Trinajstić information content (AvgIpc) is 3.68. The summed E-state index contributed by atoms with van der Waals surface area (Å²) >= 11 is 0. The maximum atomic E-state index is 14.2. The van der Waals surface area contributed by atoms with Gasteiger partial charge in [0.1, 0.15) is 12.1 Å². The highest BCUT2D eigenvalue weighted by Gasteiger charge is 2.42. The number of carbonyl (C=O) groups excluding carboxylic acids is 5. The van der Waals surface area contributed by atoms with Crippen LogP contribution in [0, 0.1) is 5.92 Å². The molecule has 0 bridgehead atoms. The van der Waals surface area contributed by atoms with Crippen molar-refractivity contribution in [2.75, 3.05) is 18.4 Å². The molecule has 2 aliphatic rings. The lowest BCUT2D eigenvalue weighted by molar-refractivity contribution is -0.143. The predicted molar refractivity (Wildman–Crippen MR) is 164 cm³/mol. The van der Waals surface area contributed by atoms with Crippen molar-refractivity contribution in [1.29, 1.82) is 0 Å². The van der Waals surface area contributed by atoms with Gasteiger partial charge in [-0.1, -0.05) is 54.6 Å². The van der Waals surface area contributed by atoms with Gasteiger partial charge in [0.05, 0.1) is 6.04 Å². The number of nitrogens with zero attached hydrogens (tertiary/aromatic N) is 1. The number of Topliss-reactive ketones (excluding diaryl/α,β-unsaturated/α-hetero) is 1. The number of carbonyl (C=O) groups is 5. The Kier molecular flexibility index (Phi) is 10.9. The number of hydrogen-bond donors (Lipinski definition) is 4. The molecule has 0 spiro atoms. The number of hydrogen-bond acceptors (Lipinski definition) is 5. The van der Waals surface area contributed by atoms with Crippen molar-refractivity contribution in [3.63, 3.8) is 0 Å². The van der Waals surface area contributed by atoms with E-state index in [-0.39, 0.29) is 24.8 Å². The maximum absolute atomic E-state index is 14.2. The van der Waals surface area contributed by atoms with Crippen LogP contribution in [0.15, 0.2) is 79.9 Å². The van der Waals surface area contributed by atoms with Gasteiger partial charge in [0.25, 0.3) is 5.91 Å². The summed E-state index contributed by atoms with van der Waals surface area (Å²) in [6.07, 6.45) is 5.87. The van der Waals surface area contributed by atoms with Gasteiger partial charge < -0.3 is 26.2 Å². The van der Waals surface area contributed by atoms with Crippen LogP contribution in [0.2, 0.25) is 0 Å². The molecule has 3 atom stereocenters. The van der Waals surface area contributed by atoms with Gasteiger partial charge in [0.15, 0.2) is 0 Å². The van der Waals surface area contributed by atoms with Gasteiger partial charge in [0, 0.05) is 18.8 Å². The SMILES string of the molecule is C=CCCC(NC(=O)[C@@H]1CCCN1C(=O)[C@@H](NC(=O)Nc1ccccc1)C1Cc2ccccc2C1)C(=O)C(=O)NCC=C. The van der Waals surface area contributed by atoms with E-state index in [1.165, 1.54) is 11.0 Å². The summed E-state index contributed by atoms with van der Waals surface area (Å²) in [5.74, 6) is -2.65. The third-order valence-corrected chi connectivity index (χ3v) is 7.90. The normalized spacial score (nSPS) is 17.2. The molecule has 0 saturated carbocycles. The van der Waals surface area contributed by atoms with E-state index < -0.39 is 41.8 Å². The van der Waals surface area contributed by atoms with E-state index in [2.05, 4.69) is 34.4 Å². The summed E-state index contributed by atoms with van der Waals surface area (Å²) in [5, 5.41) is 10.9. The maximum Gasteiger partial charge on any atom is 0.319 e. The number of nitrogens with one attached hydrogen (secondary N) is 4. The quantitative estimate of drug-likeness (QED) is 0.212. The number of urea groups is 1. The first-order chi connectivity index (χ1) is 20.8. The van der Waals surface area contributed by atoms with Gasteiger partial charge in [0.2, 0.25) is 17.6 Å². The van der Waals surface area contributed by atoms with Crippen LogP contribution < -0.4 is 21.3 Å². The fourth-order valence-corrected chi connectivity index (χ4v) is 5.75. The summed E-state index contributed by atoms with van der Waals surface area (Å²) in [7, 11) is 0. The minimum Gasteiger partial charge on any atom is -0.346 e. The molecule has 4 N–H and O–H groups in total. The molecule has 1 heterocycles. The first kappa shape index (κ1) is 31.2. The molecule has 5 amide bonds. The van der Waals surface area contributed by atoms with Crippen LogP contribution in [0.4, 0.5) is 10.5 Å². The largest absolute Gasteiger partial charge is 0.346 e. The molecule has 1 unspecified atom stereocenters. The fraction of sp³-hybridized carbons (Fsp3) is 0.364. The summed E-state index contributed by atoms with van der Waals surface area (Å²) in [6.45, 7) is 7.65. The molecule has 43 heavy (non-hydrogen) atoms. The summed E-state index contributed by atoms with van der Waals surface area (Å²) in [4.78, 5) is 67.5. The molecule has 4 rings (SSSR count). The summed E-state index contributed by atoms with van der Waals surface area (Å²) in [6, 6.07) is 13.6. The molecule has 1 aliphatic heterocycles. The summed E-state index contributed by atoms with van der Waals surface area (Å²) in [5.41, 5.74) is 2.85. The van der Waals surface area contributed by atoms with E-state index in [1.54, 1.807) is 30.3 Å². The second-order valence-corrected chi connectivity index (χ2v) is 10.9. The lowest BCUT2D eigenvalue weighted by Crippen LogP contribution is -2.58. The summed E-state index contributed by atoms with van der Waals surface area (Å²) < 4.78 is 0. The zero-order valence-corrected chi connectivity index (χ0v) is 24.2. The van der Waals surface area contributed by atoms with Gasteiger partial charge in [-0.25, -0.2) is 4.79 Å². The van der Waals surface area contributed by atoms with Crippen LogP contribution in [-0.4, -0.2) is 65.7 Å². The van der Waals surface area contributed by atoms with Crippen molar-refractivity contribution in [2.45, 2.75) is 56.7 Å². The average molecular weight is 586 g/mol.